The molecule has 0 bridgehead atoms. The second-order valence-corrected chi connectivity index (χ2v) is 5.78. The second-order valence-electron chi connectivity index (χ2n) is 5.78. The summed E-state index contributed by atoms with van der Waals surface area (Å²) in [6.07, 6.45) is 4.25. The molecule has 0 aromatic heterocycles. The van der Waals surface area contributed by atoms with E-state index >= 15 is 0 Å². The molecule has 1 aromatic carbocycles. The Morgan fingerprint density at radius 3 is 2.36 bits per heavy atom. The van der Waals surface area contributed by atoms with E-state index in [0.29, 0.717) is 11.1 Å². The molecule has 2 aliphatic rings. The number of fused-ring (bicyclic) bond motifs is 1. The van der Waals surface area contributed by atoms with E-state index in [1.165, 1.54) is 4.90 Å². The zero-order chi connectivity index (χ0) is 15.9. The molecule has 3 rings (SSSR count). The van der Waals surface area contributed by atoms with Crippen molar-refractivity contribution in [1.82, 2.24) is 4.90 Å². The average molecular weight is 297 g/mol. The molecule has 3 atom stereocenters. The summed E-state index contributed by atoms with van der Waals surface area (Å²) in [7, 11) is 0. The molecule has 0 N–H and O–H groups in total. The molecule has 0 spiro atoms. The van der Waals surface area contributed by atoms with Crippen molar-refractivity contribution in [2.75, 3.05) is 0 Å². The lowest BCUT2D eigenvalue weighted by molar-refractivity contribution is -0.0245. The number of hydrogen-bond acceptors (Lipinski definition) is 3. The molecule has 1 aromatic rings. The molecular formula is C18H19NO3. The Morgan fingerprint density at radius 1 is 1.23 bits per heavy atom. The van der Waals surface area contributed by atoms with Gasteiger partial charge in [-0.15, -0.1) is 6.58 Å². The summed E-state index contributed by atoms with van der Waals surface area (Å²) in [5.74, 6) is -0.487. The van der Waals surface area contributed by atoms with Gasteiger partial charge in [0.25, 0.3) is 11.8 Å². The predicted octanol–water partition coefficient (Wildman–Crippen LogP) is 2.96. The number of carbonyl (C=O) groups excluding carboxylic acids is 2. The molecule has 2 heterocycles. The van der Waals surface area contributed by atoms with Crippen LogP contribution in [0, 0.1) is 0 Å². The van der Waals surface area contributed by atoms with Crippen LogP contribution in [0.25, 0.3) is 0 Å². The number of rotatable bonds is 3. The Labute approximate surface area is 130 Å². The van der Waals surface area contributed by atoms with Crippen LogP contribution in [-0.4, -0.2) is 35.0 Å². The maximum Gasteiger partial charge on any atom is 0.262 e. The Balaban J connectivity index is 1.94. The highest BCUT2D eigenvalue weighted by Crippen LogP contribution is 2.31. The molecule has 0 radical (unpaired) electrons. The van der Waals surface area contributed by atoms with Crippen molar-refractivity contribution in [3.63, 3.8) is 0 Å². The van der Waals surface area contributed by atoms with Gasteiger partial charge in [-0.2, -0.15) is 0 Å². The fourth-order valence-electron chi connectivity index (χ4n) is 3.12. The van der Waals surface area contributed by atoms with Crippen LogP contribution in [0.4, 0.5) is 0 Å². The van der Waals surface area contributed by atoms with E-state index in [0.717, 1.165) is 12.0 Å². The first-order valence-electron chi connectivity index (χ1n) is 7.46. The molecule has 0 fully saturated rings. The maximum absolute atomic E-state index is 12.6. The van der Waals surface area contributed by atoms with E-state index in [9.17, 15) is 9.59 Å². The van der Waals surface area contributed by atoms with Crippen LogP contribution in [0.15, 0.2) is 48.6 Å². The summed E-state index contributed by atoms with van der Waals surface area (Å²) in [5.41, 5.74) is 1.97. The normalized spacial score (nSPS) is 27.6. The second kappa shape index (κ2) is 5.54. The first-order valence-corrected chi connectivity index (χ1v) is 7.46. The summed E-state index contributed by atoms with van der Waals surface area (Å²) < 4.78 is 5.97. The summed E-state index contributed by atoms with van der Waals surface area (Å²) in [6, 6.07) is 6.57. The molecule has 0 aliphatic carbocycles. The van der Waals surface area contributed by atoms with Gasteiger partial charge in [0.2, 0.25) is 0 Å². The molecule has 0 saturated carbocycles. The Bertz CT molecular complexity index is 642. The lowest BCUT2D eigenvalue weighted by atomic mass is 9.97. The van der Waals surface area contributed by atoms with Crippen molar-refractivity contribution in [3.05, 3.63) is 59.7 Å². The third-order valence-corrected chi connectivity index (χ3v) is 4.31. The van der Waals surface area contributed by atoms with Crippen LogP contribution >= 0.6 is 0 Å². The standard InChI is InChI=1S/C18H19NO3/c1-4-7-16-11(2)10-15(12(3)22-16)19-17(20)13-8-5-6-9-14(13)18(19)21/h4-6,8-10,12,15-16H,1,7H2,2-3H3/t12-,15-,16-/m1/s1. The summed E-state index contributed by atoms with van der Waals surface area (Å²) in [6.45, 7) is 7.60. The predicted molar refractivity (Wildman–Crippen MR) is 83.6 cm³/mol. The van der Waals surface area contributed by atoms with Gasteiger partial charge in [0, 0.05) is 0 Å². The SMILES string of the molecule is C=CC[C@H]1O[C@H](C)[C@H](N2C(=O)c3ccccc3C2=O)C=C1C. The smallest absolute Gasteiger partial charge is 0.262 e. The van der Waals surface area contributed by atoms with Crippen molar-refractivity contribution in [2.24, 2.45) is 0 Å². The summed E-state index contributed by atoms with van der Waals surface area (Å²) in [4.78, 5) is 26.5. The van der Waals surface area contributed by atoms with Gasteiger partial charge in [-0.1, -0.05) is 24.3 Å². The molecule has 0 saturated heterocycles. The number of amides is 2. The van der Waals surface area contributed by atoms with E-state index in [1.807, 2.05) is 26.0 Å². The van der Waals surface area contributed by atoms with Crippen LogP contribution in [0.3, 0.4) is 0 Å². The van der Waals surface area contributed by atoms with Crippen LogP contribution in [0.1, 0.15) is 41.0 Å². The third kappa shape index (κ3) is 2.20. The number of carbonyl (C=O) groups is 2. The minimum Gasteiger partial charge on any atom is -0.368 e. The Morgan fingerprint density at radius 2 is 1.82 bits per heavy atom. The number of benzene rings is 1. The molecule has 4 heteroatoms. The van der Waals surface area contributed by atoms with E-state index in [4.69, 9.17) is 4.74 Å². The fourth-order valence-corrected chi connectivity index (χ4v) is 3.12. The van der Waals surface area contributed by atoms with Crippen molar-refractivity contribution < 1.29 is 14.3 Å². The molecular weight excluding hydrogens is 278 g/mol. The molecule has 2 amide bonds. The lowest BCUT2D eigenvalue weighted by Crippen LogP contribution is -2.49. The largest absolute Gasteiger partial charge is 0.368 e. The minimum atomic E-state index is -0.367. The first-order chi connectivity index (χ1) is 10.5. The number of imide groups is 1. The van der Waals surface area contributed by atoms with Crippen LogP contribution < -0.4 is 0 Å². The van der Waals surface area contributed by atoms with Crippen molar-refractivity contribution in [3.8, 4) is 0 Å². The van der Waals surface area contributed by atoms with Gasteiger partial charge in [0.15, 0.2) is 0 Å². The van der Waals surface area contributed by atoms with E-state index in [-0.39, 0.29) is 30.1 Å². The molecule has 114 valence electrons. The van der Waals surface area contributed by atoms with Gasteiger partial charge in [-0.05, 0) is 38.0 Å². The number of nitrogens with zero attached hydrogens (tertiary/aromatic N) is 1. The van der Waals surface area contributed by atoms with Crippen molar-refractivity contribution in [1.29, 1.82) is 0 Å². The number of ether oxygens (including phenoxy) is 1. The van der Waals surface area contributed by atoms with Crippen LogP contribution in [0.2, 0.25) is 0 Å². The van der Waals surface area contributed by atoms with Crippen molar-refractivity contribution in [2.45, 2.75) is 38.5 Å². The average Bonchev–Trinajstić information content (AvgIpc) is 2.76. The van der Waals surface area contributed by atoms with Gasteiger partial charge in [-0.3, -0.25) is 14.5 Å². The Hall–Kier alpha value is -2.20. The zero-order valence-electron chi connectivity index (χ0n) is 12.8. The zero-order valence-corrected chi connectivity index (χ0v) is 12.8. The molecule has 4 nitrogen and oxygen atoms in total. The van der Waals surface area contributed by atoms with E-state index in [2.05, 4.69) is 6.58 Å². The van der Waals surface area contributed by atoms with Gasteiger partial charge in [0.05, 0.1) is 29.4 Å². The van der Waals surface area contributed by atoms with Gasteiger partial charge >= 0.3 is 0 Å². The molecule has 22 heavy (non-hydrogen) atoms. The summed E-state index contributed by atoms with van der Waals surface area (Å²) >= 11 is 0. The van der Waals surface area contributed by atoms with Gasteiger partial charge in [0.1, 0.15) is 0 Å². The number of hydrogen-bond donors (Lipinski definition) is 0. The third-order valence-electron chi connectivity index (χ3n) is 4.31. The van der Waals surface area contributed by atoms with Crippen LogP contribution in [-0.2, 0) is 4.74 Å². The highest BCUT2D eigenvalue weighted by Gasteiger charge is 2.43. The maximum atomic E-state index is 12.6. The van der Waals surface area contributed by atoms with Crippen molar-refractivity contribution >= 4 is 11.8 Å². The molecule has 2 aliphatic heterocycles. The van der Waals surface area contributed by atoms with Gasteiger partial charge in [-0.25, -0.2) is 0 Å². The fraction of sp³-hybridized carbons (Fsp3) is 0.333. The van der Waals surface area contributed by atoms with Gasteiger partial charge < -0.3 is 4.74 Å². The lowest BCUT2D eigenvalue weighted by Gasteiger charge is -2.36. The topological polar surface area (TPSA) is 46.6 Å². The summed E-state index contributed by atoms with van der Waals surface area (Å²) in [5, 5.41) is 0. The highest BCUT2D eigenvalue weighted by atomic mass is 16.5. The minimum absolute atomic E-state index is 0.0288. The van der Waals surface area contributed by atoms with Crippen LogP contribution in [0.5, 0.6) is 0 Å². The first kappa shape index (κ1) is 14.7. The monoisotopic (exact) mass is 297 g/mol. The quantitative estimate of drug-likeness (QED) is 0.636. The van der Waals surface area contributed by atoms with E-state index < -0.39 is 0 Å². The van der Waals surface area contributed by atoms with E-state index in [1.54, 1.807) is 24.3 Å². The highest BCUT2D eigenvalue weighted by molar-refractivity contribution is 6.21. The molecule has 0 unspecified atom stereocenters. The Kier molecular flexibility index (Phi) is 3.71.